The van der Waals surface area contributed by atoms with Crippen molar-refractivity contribution in [2.24, 2.45) is 10.9 Å². The Labute approximate surface area is 65.7 Å². The van der Waals surface area contributed by atoms with E-state index in [1.807, 2.05) is 12.2 Å². The van der Waals surface area contributed by atoms with E-state index < -0.39 is 9.84 Å². The molecule has 2 unspecified atom stereocenters. The second-order valence-corrected chi connectivity index (χ2v) is 5.00. The molecule has 0 aromatic heterocycles. The van der Waals surface area contributed by atoms with E-state index in [-0.39, 0.29) is 12.0 Å². The van der Waals surface area contributed by atoms with Crippen LogP contribution in [0.1, 0.15) is 6.42 Å². The summed E-state index contributed by atoms with van der Waals surface area (Å²) in [5.74, 6) is 0.0787. The minimum Gasteiger partial charge on any atom is -0.270 e. The Morgan fingerprint density at radius 3 is 2.55 bits per heavy atom. The van der Waals surface area contributed by atoms with Gasteiger partial charge in [0.25, 0.3) is 0 Å². The van der Waals surface area contributed by atoms with Gasteiger partial charge in [0.15, 0.2) is 9.84 Å². The summed E-state index contributed by atoms with van der Waals surface area (Å²) in [6.45, 7) is 0. The van der Waals surface area contributed by atoms with Crippen molar-refractivity contribution in [1.82, 2.24) is 0 Å². The Kier molecular flexibility index (Phi) is 1.24. The third kappa shape index (κ3) is 1.01. The molecule has 60 valence electrons. The third-order valence-electron chi connectivity index (χ3n) is 2.05. The SMILES string of the molecule is CS(=O)(=O)C1=NC2C=CC1C2. The molecule has 0 radical (unpaired) electrons. The van der Waals surface area contributed by atoms with E-state index in [0.29, 0.717) is 5.04 Å². The van der Waals surface area contributed by atoms with Crippen molar-refractivity contribution >= 4 is 14.9 Å². The van der Waals surface area contributed by atoms with Crippen LogP contribution in [0.25, 0.3) is 0 Å². The third-order valence-corrected chi connectivity index (χ3v) is 3.22. The van der Waals surface area contributed by atoms with Gasteiger partial charge in [-0.25, -0.2) is 8.42 Å². The van der Waals surface area contributed by atoms with Gasteiger partial charge in [-0.15, -0.1) is 0 Å². The summed E-state index contributed by atoms with van der Waals surface area (Å²) in [5.41, 5.74) is 0. The van der Waals surface area contributed by atoms with Crippen LogP contribution in [0.5, 0.6) is 0 Å². The molecule has 2 atom stereocenters. The zero-order chi connectivity index (χ0) is 8.06. The largest absolute Gasteiger partial charge is 0.270 e. The number of hydrogen-bond donors (Lipinski definition) is 0. The minimum absolute atomic E-state index is 0.0787. The Bertz CT molecular complexity index is 339. The van der Waals surface area contributed by atoms with Gasteiger partial charge in [0.1, 0.15) is 5.04 Å². The number of aliphatic imine (C=N–C) groups is 1. The van der Waals surface area contributed by atoms with Crippen molar-refractivity contribution in [3.05, 3.63) is 12.2 Å². The van der Waals surface area contributed by atoms with Crippen LogP contribution < -0.4 is 0 Å². The number of nitrogens with zero attached hydrogens (tertiary/aromatic N) is 1. The molecular weight excluding hydrogens is 162 g/mol. The Balaban J connectivity index is 2.41. The summed E-state index contributed by atoms with van der Waals surface area (Å²) in [5, 5.41) is 0.380. The molecule has 0 spiro atoms. The molecule has 0 saturated carbocycles. The van der Waals surface area contributed by atoms with E-state index in [4.69, 9.17) is 0 Å². The summed E-state index contributed by atoms with van der Waals surface area (Å²) >= 11 is 0. The molecule has 0 amide bonds. The van der Waals surface area contributed by atoms with E-state index in [9.17, 15) is 8.42 Å². The maximum atomic E-state index is 11.1. The minimum atomic E-state index is -3.03. The molecule has 4 heteroatoms. The molecule has 2 bridgehead atoms. The lowest BCUT2D eigenvalue weighted by Crippen LogP contribution is -2.17. The molecule has 11 heavy (non-hydrogen) atoms. The van der Waals surface area contributed by atoms with Crippen LogP contribution in [0.4, 0.5) is 0 Å². The topological polar surface area (TPSA) is 46.5 Å². The first-order valence-corrected chi connectivity index (χ1v) is 5.42. The fraction of sp³-hybridized carbons (Fsp3) is 0.571. The van der Waals surface area contributed by atoms with Crippen LogP contribution >= 0.6 is 0 Å². The molecule has 0 N–H and O–H groups in total. The molecule has 3 nitrogen and oxygen atoms in total. The summed E-state index contributed by atoms with van der Waals surface area (Å²) in [7, 11) is -3.03. The average Bonchev–Trinajstić information content (AvgIpc) is 2.42. The predicted octanol–water partition coefficient (Wildman–Crippen LogP) is 0.388. The zero-order valence-corrected chi connectivity index (χ0v) is 7.00. The van der Waals surface area contributed by atoms with E-state index in [0.717, 1.165) is 6.42 Å². The van der Waals surface area contributed by atoms with Gasteiger partial charge in [-0.1, -0.05) is 12.2 Å². The quantitative estimate of drug-likeness (QED) is 0.495. The molecular formula is C7H9NO2S. The van der Waals surface area contributed by atoms with Crippen molar-refractivity contribution in [1.29, 1.82) is 0 Å². The van der Waals surface area contributed by atoms with Crippen molar-refractivity contribution in [2.75, 3.05) is 6.26 Å². The van der Waals surface area contributed by atoms with E-state index in [1.54, 1.807) is 0 Å². The van der Waals surface area contributed by atoms with Gasteiger partial charge in [0.2, 0.25) is 0 Å². The van der Waals surface area contributed by atoms with Crippen molar-refractivity contribution in [3.8, 4) is 0 Å². The monoisotopic (exact) mass is 171 g/mol. The Morgan fingerprint density at radius 1 is 1.55 bits per heavy atom. The summed E-state index contributed by atoms with van der Waals surface area (Å²) in [6.07, 6.45) is 6.00. The standard InChI is InChI=1S/C7H9NO2S/c1-11(9,10)7-5-2-3-6(4-5)8-7/h2-3,5-6H,4H2,1H3. The van der Waals surface area contributed by atoms with Gasteiger partial charge in [-0.3, -0.25) is 4.99 Å². The predicted molar refractivity (Wildman–Crippen MR) is 43.3 cm³/mol. The van der Waals surface area contributed by atoms with Gasteiger partial charge >= 0.3 is 0 Å². The van der Waals surface area contributed by atoms with E-state index >= 15 is 0 Å². The van der Waals surface area contributed by atoms with Crippen LogP contribution in [0.15, 0.2) is 17.1 Å². The molecule has 1 heterocycles. The number of allylic oxidation sites excluding steroid dienone is 1. The van der Waals surface area contributed by atoms with Crippen molar-refractivity contribution in [2.45, 2.75) is 12.5 Å². The summed E-state index contributed by atoms with van der Waals surface area (Å²) in [4.78, 5) is 4.07. The summed E-state index contributed by atoms with van der Waals surface area (Å²) in [6, 6.07) is 0.143. The Hall–Kier alpha value is -0.640. The Morgan fingerprint density at radius 2 is 2.27 bits per heavy atom. The van der Waals surface area contributed by atoms with E-state index in [1.165, 1.54) is 6.26 Å². The lowest BCUT2D eigenvalue weighted by molar-refractivity contribution is 0.611. The second kappa shape index (κ2) is 1.94. The number of rotatable bonds is 0. The van der Waals surface area contributed by atoms with Gasteiger partial charge in [-0.2, -0.15) is 0 Å². The number of dihydropyridines is 1. The highest BCUT2D eigenvalue weighted by atomic mass is 32.2. The molecule has 0 saturated heterocycles. The molecule has 1 aliphatic heterocycles. The molecule has 2 aliphatic rings. The first-order valence-electron chi connectivity index (χ1n) is 3.53. The highest BCUT2D eigenvalue weighted by molar-refractivity contribution is 8.05. The van der Waals surface area contributed by atoms with Gasteiger partial charge in [-0.05, 0) is 6.42 Å². The maximum absolute atomic E-state index is 11.1. The van der Waals surface area contributed by atoms with Gasteiger partial charge in [0, 0.05) is 12.2 Å². The number of sulfone groups is 1. The van der Waals surface area contributed by atoms with Crippen LogP contribution in [-0.4, -0.2) is 25.8 Å². The maximum Gasteiger partial charge on any atom is 0.189 e. The van der Waals surface area contributed by atoms with Crippen molar-refractivity contribution in [3.63, 3.8) is 0 Å². The van der Waals surface area contributed by atoms with Crippen LogP contribution in [0.2, 0.25) is 0 Å². The first-order chi connectivity index (χ1) is 5.07. The zero-order valence-electron chi connectivity index (χ0n) is 6.19. The fourth-order valence-electron chi connectivity index (χ4n) is 1.59. The van der Waals surface area contributed by atoms with Crippen LogP contribution in [0.3, 0.4) is 0 Å². The normalized spacial score (nSPS) is 34.5. The lowest BCUT2D eigenvalue weighted by Gasteiger charge is -2.03. The van der Waals surface area contributed by atoms with Crippen LogP contribution in [-0.2, 0) is 9.84 Å². The second-order valence-electron chi connectivity index (χ2n) is 3.03. The molecule has 2 rings (SSSR count). The lowest BCUT2D eigenvalue weighted by atomic mass is 10.2. The fourth-order valence-corrected chi connectivity index (χ4v) is 2.64. The van der Waals surface area contributed by atoms with E-state index in [2.05, 4.69) is 4.99 Å². The van der Waals surface area contributed by atoms with Crippen LogP contribution in [0, 0.1) is 5.92 Å². The molecule has 1 aliphatic carbocycles. The number of fused-ring (bicyclic) bond motifs is 2. The van der Waals surface area contributed by atoms with Crippen molar-refractivity contribution < 1.29 is 8.42 Å². The molecule has 0 aromatic carbocycles. The van der Waals surface area contributed by atoms with Gasteiger partial charge < -0.3 is 0 Å². The highest BCUT2D eigenvalue weighted by Crippen LogP contribution is 2.30. The molecule has 0 fully saturated rings. The molecule has 0 aromatic rings. The summed E-state index contributed by atoms with van der Waals surface area (Å²) < 4.78 is 22.1. The first kappa shape index (κ1) is 7.03. The smallest absolute Gasteiger partial charge is 0.189 e. The number of hydrogen-bond acceptors (Lipinski definition) is 3. The average molecular weight is 171 g/mol. The highest BCUT2D eigenvalue weighted by Gasteiger charge is 2.34. The van der Waals surface area contributed by atoms with Gasteiger partial charge in [0.05, 0.1) is 6.04 Å².